The molecule has 3 aromatic rings. The van der Waals surface area contributed by atoms with Crippen LogP contribution < -0.4 is 19.7 Å². The summed E-state index contributed by atoms with van der Waals surface area (Å²) in [4.78, 5) is 62.0. The van der Waals surface area contributed by atoms with E-state index in [1.165, 1.54) is 24.3 Å². The summed E-state index contributed by atoms with van der Waals surface area (Å²) in [6, 6.07) is 12.7. The van der Waals surface area contributed by atoms with Gasteiger partial charge in [-0.05, 0) is 42.7 Å². The van der Waals surface area contributed by atoms with Crippen molar-refractivity contribution in [3.63, 3.8) is 0 Å². The van der Waals surface area contributed by atoms with E-state index in [1.807, 2.05) is 0 Å². The summed E-state index contributed by atoms with van der Waals surface area (Å²) >= 11 is 0. The Morgan fingerprint density at radius 2 is 1.73 bits per heavy atom. The predicted octanol–water partition coefficient (Wildman–Crippen LogP) is -1.24. The van der Waals surface area contributed by atoms with Gasteiger partial charge in [-0.3, -0.25) is 25.1 Å². The molecule has 1 saturated carbocycles. The minimum Gasteiger partial charge on any atom is -0.486 e. The van der Waals surface area contributed by atoms with Gasteiger partial charge in [0.2, 0.25) is 18.0 Å². The number of aldehydes is 1. The average molecular weight is 813 g/mol. The lowest BCUT2D eigenvalue weighted by Gasteiger charge is -2.45. The summed E-state index contributed by atoms with van der Waals surface area (Å²) in [5, 5.41) is 75.9. The fraction of sp³-hybridized carbons (Fsp3) is 0.390. The number of para-hydroxylation sites is 1. The number of quaternary nitrogens is 1. The van der Waals surface area contributed by atoms with Gasteiger partial charge in [-0.2, -0.15) is 4.99 Å². The van der Waals surface area contributed by atoms with Gasteiger partial charge in [0.15, 0.2) is 29.7 Å². The lowest BCUT2D eigenvalue weighted by molar-refractivity contribution is -0.723. The van der Waals surface area contributed by atoms with Gasteiger partial charge >= 0.3 is 0 Å². The summed E-state index contributed by atoms with van der Waals surface area (Å²) < 4.78 is 18.7. The van der Waals surface area contributed by atoms with Crippen molar-refractivity contribution in [3.8, 4) is 11.5 Å². The smallest absolute Gasteiger partial charge is 0.284 e. The van der Waals surface area contributed by atoms with E-state index in [4.69, 9.17) is 19.6 Å². The molecular formula is C41H42N5O13+. The zero-order valence-electron chi connectivity index (χ0n) is 31.5. The van der Waals surface area contributed by atoms with Crippen LogP contribution in [-0.4, -0.2) is 128 Å². The van der Waals surface area contributed by atoms with Crippen LogP contribution in [0.5, 0.6) is 11.5 Å². The second kappa shape index (κ2) is 15.9. The molecule has 7 atom stereocenters. The van der Waals surface area contributed by atoms with E-state index in [2.05, 4.69) is 15.3 Å². The monoisotopic (exact) mass is 812 g/mol. The summed E-state index contributed by atoms with van der Waals surface area (Å²) in [5.41, 5.74) is -0.272. The van der Waals surface area contributed by atoms with E-state index in [0.717, 1.165) is 0 Å². The number of hydrogen-bond acceptors (Lipinski definition) is 15. The number of guanidine groups is 1. The van der Waals surface area contributed by atoms with Crippen molar-refractivity contribution < 1.29 is 68.9 Å². The highest BCUT2D eigenvalue weighted by atomic mass is 16.7. The Morgan fingerprint density at radius 1 is 0.966 bits per heavy atom. The molecule has 8 rings (SSSR count). The molecular weight excluding hydrogens is 770 g/mol. The molecule has 18 heteroatoms. The minimum absolute atomic E-state index is 0.0460. The second-order valence-electron chi connectivity index (χ2n) is 15.2. The molecule has 0 spiro atoms. The van der Waals surface area contributed by atoms with Gasteiger partial charge in [-0.25, -0.2) is 9.89 Å². The first kappa shape index (κ1) is 40.2. The number of aliphatic hydroxyl groups is 6. The summed E-state index contributed by atoms with van der Waals surface area (Å²) in [6.45, 7) is -0.956. The maximum absolute atomic E-state index is 14.5. The number of carbonyl (C=O) groups is 4. The fourth-order valence-corrected chi connectivity index (χ4v) is 8.43. The fourth-order valence-electron chi connectivity index (χ4n) is 8.43. The molecule has 0 radical (unpaired) electrons. The lowest BCUT2D eigenvalue weighted by atomic mass is 9.81. The summed E-state index contributed by atoms with van der Waals surface area (Å²) in [7, 11) is 0. The molecule has 0 aromatic heterocycles. The van der Waals surface area contributed by atoms with Crippen molar-refractivity contribution in [2.75, 3.05) is 13.3 Å². The average Bonchev–Trinajstić information content (AvgIpc) is 3.86. The number of hydrogen-bond donors (Lipinski definition) is 9. The SMILES string of the molecule is N=C1N=C2C(=NC[NH+]2c2ccccc2Cc2cc3c(c(OCC(O)CC=O)c2OC2OC(C4(O)CCCC4)C(O)C(O)C2O)C(=O)c2cc(CO)ccc2C3=O)C(=O)N1. The number of benzene rings is 3. The first-order valence-corrected chi connectivity index (χ1v) is 19.2. The molecule has 2 aliphatic carbocycles. The van der Waals surface area contributed by atoms with E-state index >= 15 is 0 Å². The van der Waals surface area contributed by atoms with Gasteiger partial charge in [0, 0.05) is 40.7 Å². The van der Waals surface area contributed by atoms with Crippen LogP contribution in [0.25, 0.3) is 0 Å². The molecule has 3 aromatic carbocycles. The Balaban J connectivity index is 1.30. The first-order chi connectivity index (χ1) is 28.3. The lowest BCUT2D eigenvalue weighted by Crippen LogP contribution is -3.09. The number of carbonyl (C=O) groups excluding carboxylic acids is 4. The molecule has 9 N–H and O–H groups in total. The number of aliphatic hydroxyl groups excluding tert-OH is 5. The third-order valence-electron chi connectivity index (χ3n) is 11.4. The van der Waals surface area contributed by atoms with Gasteiger partial charge in [-0.15, -0.1) is 0 Å². The van der Waals surface area contributed by atoms with E-state index in [9.17, 15) is 49.8 Å². The third-order valence-corrected chi connectivity index (χ3v) is 11.4. The number of nitrogens with one attached hydrogen (secondary N) is 3. The second-order valence-corrected chi connectivity index (χ2v) is 15.2. The molecule has 1 amide bonds. The Bertz CT molecular complexity index is 2320. The van der Waals surface area contributed by atoms with Gasteiger partial charge in [0.25, 0.3) is 11.7 Å². The molecule has 0 bridgehead atoms. The van der Waals surface area contributed by atoms with Crippen molar-refractivity contribution in [3.05, 3.63) is 87.5 Å². The number of aliphatic imine (C=N–C) groups is 2. The van der Waals surface area contributed by atoms with Crippen LogP contribution >= 0.6 is 0 Å². The highest BCUT2D eigenvalue weighted by Gasteiger charge is 2.54. The Hall–Kier alpha value is -5.57. The molecule has 3 heterocycles. The zero-order valence-corrected chi connectivity index (χ0v) is 31.5. The molecule has 7 unspecified atom stereocenters. The van der Waals surface area contributed by atoms with Crippen molar-refractivity contribution in [1.29, 1.82) is 5.41 Å². The first-order valence-electron chi connectivity index (χ1n) is 19.2. The quantitative estimate of drug-likeness (QED) is 0.0758. The molecule has 5 aliphatic rings. The van der Waals surface area contributed by atoms with Crippen LogP contribution in [0.4, 0.5) is 5.69 Å². The van der Waals surface area contributed by atoms with Crippen LogP contribution in [0.15, 0.2) is 58.5 Å². The Kier molecular flexibility index (Phi) is 10.8. The zero-order chi connectivity index (χ0) is 41.7. The summed E-state index contributed by atoms with van der Waals surface area (Å²) in [6.07, 6.45) is -8.38. The maximum Gasteiger partial charge on any atom is 0.284 e. The highest BCUT2D eigenvalue weighted by Crippen LogP contribution is 2.46. The van der Waals surface area contributed by atoms with Crippen molar-refractivity contribution in [2.24, 2.45) is 9.98 Å². The Labute approximate surface area is 335 Å². The van der Waals surface area contributed by atoms with Crippen molar-refractivity contribution >= 4 is 47.0 Å². The predicted molar refractivity (Wildman–Crippen MR) is 204 cm³/mol. The number of fused-ring (bicyclic) bond motifs is 3. The molecule has 1 saturated heterocycles. The Morgan fingerprint density at radius 3 is 2.47 bits per heavy atom. The van der Waals surface area contributed by atoms with Crippen LogP contribution in [0.3, 0.4) is 0 Å². The van der Waals surface area contributed by atoms with Crippen molar-refractivity contribution in [1.82, 2.24) is 5.32 Å². The molecule has 308 valence electrons. The molecule has 2 fully saturated rings. The highest BCUT2D eigenvalue weighted by molar-refractivity contribution is 6.68. The van der Waals surface area contributed by atoms with Crippen LogP contribution in [0, 0.1) is 5.41 Å². The molecule has 59 heavy (non-hydrogen) atoms. The van der Waals surface area contributed by atoms with Crippen LogP contribution in [0.2, 0.25) is 0 Å². The number of amides is 1. The largest absolute Gasteiger partial charge is 0.486 e. The van der Waals surface area contributed by atoms with E-state index in [-0.39, 0.29) is 89.2 Å². The molecule has 18 nitrogen and oxygen atoms in total. The van der Waals surface area contributed by atoms with E-state index < -0.39 is 73.1 Å². The van der Waals surface area contributed by atoms with Crippen LogP contribution in [0.1, 0.15) is 80.6 Å². The van der Waals surface area contributed by atoms with E-state index in [1.54, 1.807) is 24.3 Å². The van der Waals surface area contributed by atoms with Gasteiger partial charge in [-0.1, -0.05) is 37.1 Å². The van der Waals surface area contributed by atoms with Gasteiger partial charge in [0.05, 0.1) is 23.9 Å². The van der Waals surface area contributed by atoms with Gasteiger partial charge < -0.3 is 49.6 Å². The minimum atomic E-state index is -1.92. The third kappa shape index (κ3) is 7.16. The number of ketones is 2. The standard InChI is InChI=1S/C41H41N5O13/c42-40-44-37-28(38(55)45-40)43-18-46(37)26-6-2-1-5-20(26)14-21-15-25-27(30(51)24-13-19(16-48)7-8-23(24)29(25)50)35(57-17-22(49)9-12-47)34(21)58-39-33(54)31(52)32(53)36(59-39)41(56)10-3-4-11-41/h1-2,5-8,12-13,15,22,31-33,36,39,48-49,52-54,56H,3-4,9-11,14,16-18H2,(H2,42,45,55)/p+1. The molecule has 3 aliphatic heterocycles. The van der Waals surface area contributed by atoms with Crippen LogP contribution in [-0.2, 0) is 27.4 Å². The van der Waals surface area contributed by atoms with E-state index in [0.29, 0.717) is 40.8 Å². The topological polar surface area (TPSA) is 282 Å². The van der Waals surface area contributed by atoms with Gasteiger partial charge in [0.1, 0.15) is 43.0 Å². The number of nitrogens with zero attached hydrogens (tertiary/aromatic N) is 2. The van der Waals surface area contributed by atoms with Crippen molar-refractivity contribution in [2.45, 2.75) is 87.5 Å². The normalized spacial score (nSPS) is 26.3. The number of ether oxygens (including phenoxy) is 3. The number of rotatable bonds is 12. The number of amidine groups is 1. The maximum atomic E-state index is 14.5. The summed E-state index contributed by atoms with van der Waals surface area (Å²) in [5.74, 6) is -2.66.